The number of benzene rings is 2. The number of hydrogen-bond donors (Lipinski definition) is 3. The number of fused-ring (bicyclic) bond motifs is 1. The molecule has 1 amide bonds. The summed E-state index contributed by atoms with van der Waals surface area (Å²) in [4.78, 5) is 16.7. The van der Waals surface area contributed by atoms with E-state index in [4.69, 9.17) is 4.99 Å². The van der Waals surface area contributed by atoms with Crippen LogP contribution in [0.15, 0.2) is 53.5 Å². The number of para-hydroxylation sites is 1. The van der Waals surface area contributed by atoms with Gasteiger partial charge in [-0.15, -0.1) is 24.0 Å². The van der Waals surface area contributed by atoms with Crippen LogP contribution in [0.2, 0.25) is 0 Å². The number of aryl methyl sites for hydroxylation is 1. The van der Waals surface area contributed by atoms with Crippen molar-refractivity contribution < 1.29 is 4.79 Å². The number of nitrogens with zero attached hydrogens (tertiary/aromatic N) is 1. The summed E-state index contributed by atoms with van der Waals surface area (Å²) in [6.07, 6.45) is 2.49. The zero-order valence-corrected chi connectivity index (χ0v) is 19.5. The number of halogens is 1. The Balaban J connectivity index is 0.00000300. The van der Waals surface area contributed by atoms with Crippen LogP contribution in [0.3, 0.4) is 0 Å². The van der Waals surface area contributed by atoms with Crippen molar-refractivity contribution in [3.05, 3.63) is 65.2 Å². The summed E-state index contributed by atoms with van der Waals surface area (Å²) in [5, 5.41) is 9.66. The SMILES string of the molecule is CCNC(=NCC1CC(=O)Nc2ccccc21)NCCc1ccc(CC)cc1.I. The van der Waals surface area contributed by atoms with E-state index < -0.39 is 0 Å². The average molecular weight is 506 g/mol. The molecule has 0 saturated heterocycles. The van der Waals surface area contributed by atoms with Gasteiger partial charge in [0, 0.05) is 31.1 Å². The fraction of sp³-hybridized carbons (Fsp3) is 0.391. The van der Waals surface area contributed by atoms with Gasteiger partial charge in [-0.25, -0.2) is 0 Å². The van der Waals surface area contributed by atoms with E-state index in [0.717, 1.165) is 43.1 Å². The Morgan fingerprint density at radius 1 is 1.07 bits per heavy atom. The van der Waals surface area contributed by atoms with Gasteiger partial charge in [0.15, 0.2) is 5.96 Å². The average Bonchev–Trinajstić information content (AvgIpc) is 2.72. The quantitative estimate of drug-likeness (QED) is 0.301. The van der Waals surface area contributed by atoms with Gasteiger partial charge in [0.05, 0.1) is 6.54 Å². The fourth-order valence-corrected chi connectivity index (χ4v) is 3.47. The molecule has 1 aliphatic heterocycles. The van der Waals surface area contributed by atoms with Crippen molar-refractivity contribution in [3.63, 3.8) is 0 Å². The lowest BCUT2D eigenvalue weighted by molar-refractivity contribution is -0.116. The van der Waals surface area contributed by atoms with Crippen molar-refractivity contribution in [2.24, 2.45) is 4.99 Å². The Hall–Kier alpha value is -2.09. The van der Waals surface area contributed by atoms with E-state index in [1.165, 1.54) is 11.1 Å². The second-order valence-electron chi connectivity index (χ2n) is 7.10. The molecule has 2 aromatic rings. The maximum atomic E-state index is 12.0. The summed E-state index contributed by atoms with van der Waals surface area (Å²) in [5.41, 5.74) is 4.76. The third-order valence-corrected chi connectivity index (χ3v) is 5.06. The highest BCUT2D eigenvalue weighted by molar-refractivity contribution is 14.0. The lowest BCUT2D eigenvalue weighted by Gasteiger charge is -2.24. The van der Waals surface area contributed by atoms with Crippen molar-refractivity contribution >= 4 is 41.5 Å². The van der Waals surface area contributed by atoms with Crippen molar-refractivity contribution in [1.82, 2.24) is 10.6 Å². The van der Waals surface area contributed by atoms with Gasteiger partial charge in [0.1, 0.15) is 0 Å². The Morgan fingerprint density at radius 2 is 1.79 bits per heavy atom. The van der Waals surface area contributed by atoms with Crippen LogP contribution in [0, 0.1) is 0 Å². The molecule has 1 unspecified atom stereocenters. The third-order valence-electron chi connectivity index (χ3n) is 5.06. The second-order valence-corrected chi connectivity index (χ2v) is 7.10. The maximum absolute atomic E-state index is 12.0. The van der Waals surface area contributed by atoms with Gasteiger partial charge in [-0.2, -0.15) is 0 Å². The zero-order valence-electron chi connectivity index (χ0n) is 17.2. The highest BCUT2D eigenvalue weighted by Crippen LogP contribution is 2.31. The van der Waals surface area contributed by atoms with E-state index in [-0.39, 0.29) is 35.8 Å². The minimum absolute atomic E-state index is 0. The molecule has 2 aromatic carbocycles. The number of nitrogens with one attached hydrogen (secondary N) is 3. The van der Waals surface area contributed by atoms with Gasteiger partial charge in [-0.1, -0.05) is 49.4 Å². The molecular formula is C23H31IN4O. The molecule has 5 nitrogen and oxygen atoms in total. The molecule has 0 saturated carbocycles. The summed E-state index contributed by atoms with van der Waals surface area (Å²) < 4.78 is 0. The highest BCUT2D eigenvalue weighted by Gasteiger charge is 2.24. The number of carbonyl (C=O) groups is 1. The lowest BCUT2D eigenvalue weighted by atomic mass is 9.91. The van der Waals surface area contributed by atoms with Crippen LogP contribution in [0.5, 0.6) is 0 Å². The number of anilines is 1. The summed E-state index contributed by atoms with van der Waals surface area (Å²) >= 11 is 0. The lowest BCUT2D eigenvalue weighted by Crippen LogP contribution is -2.38. The topological polar surface area (TPSA) is 65.5 Å². The molecular weight excluding hydrogens is 475 g/mol. The van der Waals surface area contributed by atoms with E-state index >= 15 is 0 Å². The molecule has 1 aliphatic rings. The number of guanidine groups is 1. The van der Waals surface area contributed by atoms with Crippen LogP contribution in [0.1, 0.15) is 42.9 Å². The van der Waals surface area contributed by atoms with Crippen LogP contribution in [0.4, 0.5) is 5.69 Å². The van der Waals surface area contributed by atoms with E-state index in [0.29, 0.717) is 13.0 Å². The summed E-state index contributed by atoms with van der Waals surface area (Å²) in [7, 11) is 0. The predicted molar refractivity (Wildman–Crippen MR) is 131 cm³/mol. The number of aliphatic imine (C=N–C) groups is 1. The monoisotopic (exact) mass is 506 g/mol. The molecule has 156 valence electrons. The van der Waals surface area contributed by atoms with Gasteiger partial charge in [0.25, 0.3) is 0 Å². The molecule has 6 heteroatoms. The van der Waals surface area contributed by atoms with Crippen molar-refractivity contribution in [1.29, 1.82) is 0 Å². The first-order valence-electron chi connectivity index (χ1n) is 10.2. The molecule has 29 heavy (non-hydrogen) atoms. The number of carbonyl (C=O) groups excluding carboxylic acids is 1. The molecule has 0 fully saturated rings. The summed E-state index contributed by atoms with van der Waals surface area (Å²) in [6.45, 7) is 6.44. The Morgan fingerprint density at radius 3 is 2.52 bits per heavy atom. The first-order valence-corrected chi connectivity index (χ1v) is 10.2. The molecule has 1 atom stereocenters. The molecule has 0 aliphatic carbocycles. The number of amides is 1. The number of rotatable bonds is 7. The minimum Gasteiger partial charge on any atom is -0.357 e. The molecule has 0 bridgehead atoms. The van der Waals surface area contributed by atoms with E-state index in [1.807, 2.05) is 18.2 Å². The van der Waals surface area contributed by atoms with Crippen LogP contribution in [-0.2, 0) is 17.6 Å². The van der Waals surface area contributed by atoms with Crippen LogP contribution < -0.4 is 16.0 Å². The maximum Gasteiger partial charge on any atom is 0.225 e. The standard InChI is InChI=1S/C23H30N4O.HI/c1-3-17-9-11-18(12-10-17)13-14-25-23(24-4-2)26-16-19-15-22(28)27-21-8-6-5-7-20(19)21;/h5-12,19H,3-4,13-16H2,1-2H3,(H,27,28)(H2,24,25,26);1H. The predicted octanol–water partition coefficient (Wildman–Crippen LogP) is 4.09. The van der Waals surface area contributed by atoms with E-state index in [1.54, 1.807) is 0 Å². The first-order chi connectivity index (χ1) is 13.7. The second kappa shape index (κ2) is 11.8. The van der Waals surface area contributed by atoms with Crippen LogP contribution in [0.25, 0.3) is 0 Å². The van der Waals surface area contributed by atoms with E-state index in [2.05, 4.69) is 60.1 Å². The molecule has 0 aromatic heterocycles. The zero-order chi connectivity index (χ0) is 19.8. The summed E-state index contributed by atoms with van der Waals surface area (Å²) in [5.74, 6) is 0.977. The first kappa shape index (κ1) is 23.2. The minimum atomic E-state index is 0. The van der Waals surface area contributed by atoms with Crippen LogP contribution >= 0.6 is 24.0 Å². The Labute approximate surface area is 190 Å². The highest BCUT2D eigenvalue weighted by atomic mass is 127. The number of hydrogen-bond acceptors (Lipinski definition) is 2. The van der Waals surface area contributed by atoms with Crippen LogP contribution in [-0.4, -0.2) is 31.5 Å². The molecule has 0 radical (unpaired) electrons. The normalized spacial score (nSPS) is 15.7. The van der Waals surface area contributed by atoms with Gasteiger partial charge in [-0.3, -0.25) is 9.79 Å². The van der Waals surface area contributed by atoms with Gasteiger partial charge >= 0.3 is 0 Å². The largest absolute Gasteiger partial charge is 0.357 e. The van der Waals surface area contributed by atoms with E-state index in [9.17, 15) is 4.79 Å². The van der Waals surface area contributed by atoms with Crippen molar-refractivity contribution in [2.45, 2.75) is 39.0 Å². The smallest absolute Gasteiger partial charge is 0.225 e. The van der Waals surface area contributed by atoms with Crippen molar-refractivity contribution in [2.75, 3.05) is 25.0 Å². The van der Waals surface area contributed by atoms with Gasteiger partial charge in [-0.05, 0) is 42.5 Å². The Bertz CT molecular complexity index is 820. The molecule has 0 spiro atoms. The van der Waals surface area contributed by atoms with Gasteiger partial charge in [0.2, 0.25) is 5.91 Å². The van der Waals surface area contributed by atoms with Gasteiger partial charge < -0.3 is 16.0 Å². The van der Waals surface area contributed by atoms with Crippen molar-refractivity contribution in [3.8, 4) is 0 Å². The third kappa shape index (κ3) is 6.73. The Kier molecular flexibility index (Phi) is 9.44. The molecule has 3 rings (SSSR count). The molecule has 3 N–H and O–H groups in total. The fourth-order valence-electron chi connectivity index (χ4n) is 3.47. The molecule has 1 heterocycles. The summed E-state index contributed by atoms with van der Waals surface area (Å²) in [6, 6.07) is 16.8.